The van der Waals surface area contributed by atoms with Gasteiger partial charge in [-0.2, -0.15) is 0 Å². The molecule has 0 saturated heterocycles. The van der Waals surface area contributed by atoms with E-state index in [1.54, 1.807) is 0 Å². The summed E-state index contributed by atoms with van der Waals surface area (Å²) >= 11 is 0. The first-order valence-corrected chi connectivity index (χ1v) is 7.01. The van der Waals surface area contributed by atoms with Gasteiger partial charge in [0.15, 0.2) is 0 Å². The van der Waals surface area contributed by atoms with E-state index in [1.165, 1.54) is 12.8 Å². The van der Waals surface area contributed by atoms with Crippen LogP contribution in [0, 0.1) is 5.92 Å². The van der Waals surface area contributed by atoms with E-state index >= 15 is 0 Å². The van der Waals surface area contributed by atoms with Crippen molar-refractivity contribution in [3.63, 3.8) is 0 Å². The van der Waals surface area contributed by atoms with E-state index in [1.807, 2.05) is 27.7 Å². The summed E-state index contributed by atoms with van der Waals surface area (Å²) in [7, 11) is 0. The van der Waals surface area contributed by atoms with Crippen LogP contribution in [0.25, 0.3) is 0 Å². The lowest BCUT2D eigenvalue weighted by atomic mass is 9.86. The minimum atomic E-state index is -0.402. The number of hydrogen-bond acceptors (Lipinski definition) is 3. The molecule has 0 bridgehead atoms. The zero-order valence-corrected chi connectivity index (χ0v) is 12.2. The smallest absolute Gasteiger partial charge is 0.249 e. The van der Waals surface area contributed by atoms with Crippen LogP contribution in [0.5, 0.6) is 0 Å². The zero-order valence-electron chi connectivity index (χ0n) is 12.2. The molecular weight excluding hydrogens is 228 g/mol. The molecule has 0 heterocycles. The minimum absolute atomic E-state index is 0.0381. The highest BCUT2D eigenvalue weighted by molar-refractivity contribution is 5.81. The molecule has 0 radical (unpaired) electrons. The number of ether oxygens (including phenoxy) is 1. The van der Waals surface area contributed by atoms with Gasteiger partial charge in [0.1, 0.15) is 6.10 Å². The first-order valence-electron chi connectivity index (χ1n) is 7.01. The lowest BCUT2D eigenvalue weighted by molar-refractivity contribution is -0.140. The van der Waals surface area contributed by atoms with Crippen molar-refractivity contribution in [2.45, 2.75) is 71.1 Å². The third-order valence-electron chi connectivity index (χ3n) is 3.39. The standard InChI is InChI=1S/C14H28N2O2/c1-10(13(17)16-14(2,3)4)18-12-8-6-5-7-11(12)9-15/h10-12H,5-9,15H2,1-4H3,(H,16,17). The van der Waals surface area contributed by atoms with Crippen LogP contribution >= 0.6 is 0 Å². The minimum Gasteiger partial charge on any atom is -0.365 e. The molecule has 1 aliphatic carbocycles. The van der Waals surface area contributed by atoms with Crippen LogP contribution < -0.4 is 11.1 Å². The second-order valence-electron chi connectivity index (χ2n) is 6.34. The van der Waals surface area contributed by atoms with Gasteiger partial charge in [0.05, 0.1) is 6.10 Å². The summed E-state index contributed by atoms with van der Waals surface area (Å²) in [6.45, 7) is 8.39. The predicted octanol–water partition coefficient (Wildman–Crippen LogP) is 1.82. The van der Waals surface area contributed by atoms with E-state index in [0.29, 0.717) is 12.5 Å². The molecule has 1 amide bonds. The molecule has 0 aliphatic heterocycles. The number of carbonyl (C=O) groups excluding carboxylic acids is 1. The number of amides is 1. The predicted molar refractivity (Wildman–Crippen MR) is 73.2 cm³/mol. The van der Waals surface area contributed by atoms with Crippen molar-refractivity contribution >= 4 is 5.91 Å². The van der Waals surface area contributed by atoms with Crippen LogP contribution in [-0.4, -0.2) is 30.2 Å². The lowest BCUT2D eigenvalue weighted by Gasteiger charge is -2.33. The quantitative estimate of drug-likeness (QED) is 0.806. The molecule has 0 spiro atoms. The Balaban J connectivity index is 2.47. The van der Waals surface area contributed by atoms with Crippen LogP contribution in [0.15, 0.2) is 0 Å². The largest absolute Gasteiger partial charge is 0.365 e. The van der Waals surface area contributed by atoms with Crippen molar-refractivity contribution in [1.82, 2.24) is 5.32 Å². The SMILES string of the molecule is CC(OC1CCCCC1CN)C(=O)NC(C)(C)C. The fourth-order valence-electron chi connectivity index (χ4n) is 2.42. The average molecular weight is 256 g/mol. The summed E-state index contributed by atoms with van der Waals surface area (Å²) in [5, 5.41) is 2.95. The third kappa shape index (κ3) is 4.94. The van der Waals surface area contributed by atoms with Gasteiger partial charge >= 0.3 is 0 Å². The molecule has 18 heavy (non-hydrogen) atoms. The first-order chi connectivity index (χ1) is 8.33. The number of nitrogens with two attached hydrogens (primary N) is 1. The molecule has 3 N–H and O–H groups in total. The van der Waals surface area contributed by atoms with Gasteiger partial charge in [-0.1, -0.05) is 12.8 Å². The van der Waals surface area contributed by atoms with Crippen LogP contribution in [0.3, 0.4) is 0 Å². The van der Waals surface area contributed by atoms with E-state index in [-0.39, 0.29) is 17.6 Å². The monoisotopic (exact) mass is 256 g/mol. The summed E-state index contributed by atoms with van der Waals surface area (Å²) in [5.41, 5.74) is 5.55. The lowest BCUT2D eigenvalue weighted by Crippen LogP contribution is -2.47. The Bertz CT molecular complexity index is 273. The van der Waals surface area contributed by atoms with Gasteiger partial charge in [-0.05, 0) is 53.0 Å². The molecule has 1 aliphatic rings. The fraction of sp³-hybridized carbons (Fsp3) is 0.929. The fourth-order valence-corrected chi connectivity index (χ4v) is 2.42. The summed E-state index contributed by atoms with van der Waals surface area (Å²) < 4.78 is 5.91. The van der Waals surface area contributed by atoms with E-state index in [0.717, 1.165) is 12.8 Å². The maximum absolute atomic E-state index is 12.0. The maximum atomic E-state index is 12.0. The number of carbonyl (C=O) groups is 1. The summed E-state index contributed by atoms with van der Waals surface area (Å²) in [6.07, 6.45) is 4.29. The number of rotatable bonds is 4. The van der Waals surface area contributed by atoms with E-state index in [9.17, 15) is 4.79 Å². The second kappa shape index (κ2) is 6.53. The molecule has 4 heteroatoms. The van der Waals surface area contributed by atoms with Crippen molar-refractivity contribution in [3.8, 4) is 0 Å². The van der Waals surface area contributed by atoms with Crippen LogP contribution in [0.4, 0.5) is 0 Å². The van der Waals surface area contributed by atoms with Gasteiger partial charge in [-0.25, -0.2) is 0 Å². The zero-order chi connectivity index (χ0) is 13.8. The molecule has 1 rings (SSSR count). The van der Waals surface area contributed by atoms with Gasteiger partial charge < -0.3 is 15.8 Å². The average Bonchev–Trinajstić information content (AvgIpc) is 2.27. The Morgan fingerprint density at radius 2 is 2.00 bits per heavy atom. The van der Waals surface area contributed by atoms with Crippen molar-refractivity contribution < 1.29 is 9.53 Å². The summed E-state index contributed by atoms with van der Waals surface area (Å²) in [5.74, 6) is 0.368. The van der Waals surface area contributed by atoms with Crippen molar-refractivity contribution in [2.24, 2.45) is 11.7 Å². The molecule has 0 aromatic heterocycles. The van der Waals surface area contributed by atoms with E-state index in [2.05, 4.69) is 5.32 Å². The normalized spacial score (nSPS) is 26.7. The van der Waals surface area contributed by atoms with Gasteiger partial charge in [0, 0.05) is 5.54 Å². The Hall–Kier alpha value is -0.610. The molecule has 106 valence electrons. The van der Waals surface area contributed by atoms with Crippen molar-refractivity contribution in [3.05, 3.63) is 0 Å². The van der Waals surface area contributed by atoms with Gasteiger partial charge in [-0.15, -0.1) is 0 Å². The molecule has 0 aromatic carbocycles. The highest BCUT2D eigenvalue weighted by Crippen LogP contribution is 2.27. The molecule has 3 atom stereocenters. The van der Waals surface area contributed by atoms with Crippen LogP contribution in [-0.2, 0) is 9.53 Å². The summed E-state index contributed by atoms with van der Waals surface area (Å²) in [6, 6.07) is 0. The Kier molecular flexibility index (Phi) is 5.60. The molecule has 0 aromatic rings. The summed E-state index contributed by atoms with van der Waals surface area (Å²) in [4.78, 5) is 12.0. The van der Waals surface area contributed by atoms with E-state index in [4.69, 9.17) is 10.5 Å². The topological polar surface area (TPSA) is 64.3 Å². The molecule has 4 nitrogen and oxygen atoms in total. The van der Waals surface area contributed by atoms with Gasteiger partial charge in [-0.3, -0.25) is 4.79 Å². The second-order valence-corrected chi connectivity index (χ2v) is 6.34. The Morgan fingerprint density at radius 3 is 2.56 bits per heavy atom. The number of hydrogen-bond donors (Lipinski definition) is 2. The van der Waals surface area contributed by atoms with E-state index < -0.39 is 6.10 Å². The molecular formula is C14H28N2O2. The maximum Gasteiger partial charge on any atom is 0.249 e. The number of nitrogens with one attached hydrogen (secondary N) is 1. The Labute approximate surface area is 111 Å². The van der Waals surface area contributed by atoms with Crippen molar-refractivity contribution in [2.75, 3.05) is 6.54 Å². The van der Waals surface area contributed by atoms with Gasteiger partial charge in [0.25, 0.3) is 0 Å². The highest BCUT2D eigenvalue weighted by atomic mass is 16.5. The van der Waals surface area contributed by atoms with Crippen LogP contribution in [0.2, 0.25) is 0 Å². The van der Waals surface area contributed by atoms with Crippen molar-refractivity contribution in [1.29, 1.82) is 0 Å². The first kappa shape index (κ1) is 15.4. The third-order valence-corrected chi connectivity index (χ3v) is 3.39. The van der Waals surface area contributed by atoms with Gasteiger partial charge in [0.2, 0.25) is 5.91 Å². The molecule has 1 fully saturated rings. The highest BCUT2D eigenvalue weighted by Gasteiger charge is 2.29. The Morgan fingerprint density at radius 1 is 1.39 bits per heavy atom. The molecule has 3 unspecified atom stereocenters. The molecule has 1 saturated carbocycles. The van der Waals surface area contributed by atoms with Crippen LogP contribution in [0.1, 0.15) is 53.4 Å².